The molecule has 0 aliphatic rings. The molecule has 144 valence electrons. The molecule has 4 rings (SSSR count). The van der Waals surface area contributed by atoms with E-state index < -0.39 is 0 Å². The van der Waals surface area contributed by atoms with Gasteiger partial charge in [0.15, 0.2) is 0 Å². The van der Waals surface area contributed by atoms with Crippen molar-refractivity contribution in [1.29, 1.82) is 0 Å². The van der Waals surface area contributed by atoms with E-state index in [9.17, 15) is 4.79 Å². The van der Waals surface area contributed by atoms with E-state index in [4.69, 9.17) is 9.47 Å². The lowest BCUT2D eigenvalue weighted by molar-refractivity contribution is 0.290. The Morgan fingerprint density at radius 2 is 1.24 bits per heavy atom. The second-order valence-electron chi connectivity index (χ2n) is 6.55. The normalized spacial score (nSPS) is 10.5. The number of ether oxygens (including phenoxy) is 2. The van der Waals surface area contributed by atoms with Crippen molar-refractivity contribution in [2.45, 2.75) is 13.2 Å². The molecule has 1 N–H and O–H groups in total. The quantitative estimate of drug-likeness (QED) is 0.506. The second-order valence-corrected chi connectivity index (χ2v) is 6.55. The highest BCUT2D eigenvalue weighted by atomic mass is 16.5. The first-order chi connectivity index (χ1) is 14.3. The van der Waals surface area contributed by atoms with Gasteiger partial charge in [-0.2, -0.15) is 5.10 Å². The SMILES string of the molecule is O=c1ccc(-c2cc(OCc3ccccc3)cc(OCc3ccccc3)c2)n[nH]1. The van der Waals surface area contributed by atoms with Crippen molar-refractivity contribution in [3.05, 3.63) is 112 Å². The minimum Gasteiger partial charge on any atom is -0.489 e. The third-order valence-corrected chi connectivity index (χ3v) is 4.35. The summed E-state index contributed by atoms with van der Waals surface area (Å²) in [7, 11) is 0. The van der Waals surface area contributed by atoms with Crippen molar-refractivity contribution in [1.82, 2.24) is 10.2 Å². The average molecular weight is 384 g/mol. The van der Waals surface area contributed by atoms with Crippen LogP contribution in [0.3, 0.4) is 0 Å². The predicted octanol–water partition coefficient (Wildman–Crippen LogP) is 4.59. The van der Waals surface area contributed by atoms with Crippen LogP contribution in [-0.2, 0) is 13.2 Å². The van der Waals surface area contributed by atoms with Gasteiger partial charge in [-0.15, -0.1) is 0 Å². The lowest BCUT2D eigenvalue weighted by Crippen LogP contribution is -2.05. The average Bonchev–Trinajstić information content (AvgIpc) is 2.78. The second kappa shape index (κ2) is 8.89. The molecule has 0 saturated heterocycles. The zero-order chi connectivity index (χ0) is 19.9. The first kappa shape index (κ1) is 18.5. The number of H-pyrrole nitrogens is 1. The Kier molecular flexibility index (Phi) is 5.67. The van der Waals surface area contributed by atoms with Crippen molar-refractivity contribution in [3.63, 3.8) is 0 Å². The lowest BCUT2D eigenvalue weighted by atomic mass is 10.1. The zero-order valence-corrected chi connectivity index (χ0v) is 15.7. The molecule has 0 radical (unpaired) electrons. The summed E-state index contributed by atoms with van der Waals surface area (Å²) in [6.45, 7) is 0.892. The summed E-state index contributed by atoms with van der Waals surface area (Å²) in [6, 6.07) is 28.7. The summed E-state index contributed by atoms with van der Waals surface area (Å²) in [4.78, 5) is 11.3. The predicted molar refractivity (Wildman–Crippen MR) is 112 cm³/mol. The highest BCUT2D eigenvalue weighted by Crippen LogP contribution is 2.29. The van der Waals surface area contributed by atoms with E-state index in [0.29, 0.717) is 30.4 Å². The molecule has 0 atom stereocenters. The van der Waals surface area contributed by atoms with Crippen molar-refractivity contribution in [2.75, 3.05) is 0 Å². The molecule has 0 bridgehead atoms. The number of nitrogens with one attached hydrogen (secondary N) is 1. The Morgan fingerprint density at radius 3 is 1.72 bits per heavy atom. The Morgan fingerprint density at radius 1 is 0.690 bits per heavy atom. The summed E-state index contributed by atoms with van der Waals surface area (Å²) in [5, 5.41) is 6.58. The van der Waals surface area contributed by atoms with Gasteiger partial charge in [-0.1, -0.05) is 60.7 Å². The van der Waals surface area contributed by atoms with Crippen LogP contribution in [0, 0.1) is 0 Å². The molecule has 0 fully saturated rings. The fourth-order valence-electron chi connectivity index (χ4n) is 2.87. The van der Waals surface area contributed by atoms with Gasteiger partial charge in [0.2, 0.25) is 0 Å². The van der Waals surface area contributed by atoms with Crippen molar-refractivity contribution >= 4 is 0 Å². The van der Waals surface area contributed by atoms with Crippen LogP contribution in [0.25, 0.3) is 11.3 Å². The van der Waals surface area contributed by atoms with Crippen molar-refractivity contribution in [3.8, 4) is 22.8 Å². The van der Waals surface area contributed by atoms with Gasteiger partial charge < -0.3 is 9.47 Å². The van der Waals surface area contributed by atoms with Crippen molar-refractivity contribution < 1.29 is 9.47 Å². The zero-order valence-electron chi connectivity index (χ0n) is 15.7. The Hall–Kier alpha value is -3.86. The molecule has 0 unspecified atom stereocenters. The van der Waals surface area contributed by atoms with E-state index in [0.717, 1.165) is 16.7 Å². The summed E-state index contributed by atoms with van der Waals surface area (Å²) in [5.41, 5.74) is 3.35. The molecule has 4 aromatic rings. The van der Waals surface area contributed by atoms with E-state index in [1.165, 1.54) is 6.07 Å². The monoisotopic (exact) mass is 384 g/mol. The Balaban J connectivity index is 1.59. The van der Waals surface area contributed by atoms with Crippen LogP contribution in [-0.4, -0.2) is 10.2 Å². The molecule has 5 nitrogen and oxygen atoms in total. The van der Waals surface area contributed by atoms with Crippen LogP contribution in [0.2, 0.25) is 0 Å². The van der Waals surface area contributed by atoms with Crippen LogP contribution in [0.15, 0.2) is 95.8 Å². The summed E-state index contributed by atoms with van der Waals surface area (Å²) in [5.74, 6) is 1.34. The third kappa shape index (κ3) is 5.11. The maximum absolute atomic E-state index is 11.3. The van der Waals surface area contributed by atoms with Crippen LogP contribution < -0.4 is 15.0 Å². The molecule has 5 heteroatoms. The summed E-state index contributed by atoms with van der Waals surface area (Å²) in [6.07, 6.45) is 0. The van der Waals surface area contributed by atoms with E-state index in [2.05, 4.69) is 10.2 Å². The van der Waals surface area contributed by atoms with Gasteiger partial charge in [-0.3, -0.25) is 4.79 Å². The van der Waals surface area contributed by atoms with Crippen LogP contribution in [0.4, 0.5) is 0 Å². The number of aromatic amines is 1. The third-order valence-electron chi connectivity index (χ3n) is 4.35. The lowest BCUT2D eigenvalue weighted by Gasteiger charge is -2.12. The molecule has 0 aliphatic carbocycles. The van der Waals surface area contributed by atoms with Gasteiger partial charge in [0.05, 0.1) is 5.69 Å². The molecule has 0 spiro atoms. The molecule has 0 saturated carbocycles. The van der Waals surface area contributed by atoms with E-state index in [1.807, 2.05) is 78.9 Å². The van der Waals surface area contributed by atoms with Gasteiger partial charge in [-0.25, -0.2) is 5.10 Å². The van der Waals surface area contributed by atoms with Gasteiger partial charge in [0.25, 0.3) is 5.56 Å². The van der Waals surface area contributed by atoms with Crippen LogP contribution in [0.5, 0.6) is 11.5 Å². The standard InChI is InChI=1S/C24H20N2O3/c27-24-12-11-23(25-26-24)20-13-21(28-16-18-7-3-1-4-8-18)15-22(14-20)29-17-19-9-5-2-6-10-19/h1-15H,16-17H2,(H,26,27). The van der Waals surface area contributed by atoms with Crippen LogP contribution >= 0.6 is 0 Å². The van der Waals surface area contributed by atoms with E-state index in [1.54, 1.807) is 6.07 Å². The fraction of sp³-hybridized carbons (Fsp3) is 0.0833. The molecular formula is C24H20N2O3. The number of rotatable bonds is 7. The fourth-order valence-corrected chi connectivity index (χ4v) is 2.87. The molecule has 0 amide bonds. The number of hydrogen-bond donors (Lipinski definition) is 1. The highest BCUT2D eigenvalue weighted by Gasteiger charge is 2.08. The van der Waals surface area contributed by atoms with E-state index in [-0.39, 0.29) is 5.56 Å². The Bertz CT molecular complexity index is 1040. The van der Waals surface area contributed by atoms with Crippen molar-refractivity contribution in [2.24, 2.45) is 0 Å². The van der Waals surface area contributed by atoms with Gasteiger partial charge in [0, 0.05) is 17.7 Å². The molecule has 3 aromatic carbocycles. The van der Waals surface area contributed by atoms with Gasteiger partial charge in [0.1, 0.15) is 24.7 Å². The largest absolute Gasteiger partial charge is 0.489 e. The minimum absolute atomic E-state index is 0.245. The highest BCUT2D eigenvalue weighted by molar-refractivity contribution is 5.63. The van der Waals surface area contributed by atoms with Gasteiger partial charge in [-0.05, 0) is 29.3 Å². The number of aromatic nitrogens is 2. The van der Waals surface area contributed by atoms with E-state index >= 15 is 0 Å². The number of benzene rings is 3. The molecule has 0 aliphatic heterocycles. The topological polar surface area (TPSA) is 64.2 Å². The molecule has 1 aromatic heterocycles. The first-order valence-electron chi connectivity index (χ1n) is 9.31. The number of nitrogens with zero attached hydrogens (tertiary/aromatic N) is 1. The minimum atomic E-state index is -0.245. The van der Waals surface area contributed by atoms with Gasteiger partial charge >= 0.3 is 0 Å². The Labute approximate surface area is 168 Å². The maximum Gasteiger partial charge on any atom is 0.264 e. The summed E-state index contributed by atoms with van der Waals surface area (Å²) >= 11 is 0. The molecular weight excluding hydrogens is 364 g/mol. The molecule has 1 heterocycles. The van der Waals surface area contributed by atoms with Crippen LogP contribution in [0.1, 0.15) is 11.1 Å². The number of hydrogen-bond acceptors (Lipinski definition) is 4. The summed E-state index contributed by atoms with van der Waals surface area (Å²) < 4.78 is 12.0. The molecule has 29 heavy (non-hydrogen) atoms. The first-order valence-corrected chi connectivity index (χ1v) is 9.31. The maximum atomic E-state index is 11.3. The smallest absolute Gasteiger partial charge is 0.264 e.